The van der Waals surface area contributed by atoms with Crippen LogP contribution < -0.4 is 0 Å². The number of hydrogen-bond donors (Lipinski definition) is 1. The molecule has 2 aliphatic rings. The fraction of sp³-hybridized carbons (Fsp3) is 1.00. The zero-order chi connectivity index (χ0) is 7.41. The monoisotopic (exact) mass is 148 g/mol. The number of halogens is 2. The molecule has 0 aromatic heterocycles. The first kappa shape index (κ1) is 6.53. The highest BCUT2D eigenvalue weighted by molar-refractivity contribution is 5.06. The van der Waals surface area contributed by atoms with Crippen LogP contribution in [0.3, 0.4) is 0 Å². The lowest BCUT2D eigenvalue weighted by Crippen LogP contribution is -2.55. The van der Waals surface area contributed by atoms with E-state index in [0.29, 0.717) is 12.8 Å². The highest BCUT2D eigenvalue weighted by Crippen LogP contribution is 2.62. The molecule has 0 aromatic rings. The first-order valence-electron chi connectivity index (χ1n) is 3.57. The Morgan fingerprint density at radius 3 is 2.00 bits per heavy atom. The van der Waals surface area contributed by atoms with Crippen molar-refractivity contribution in [1.82, 2.24) is 0 Å². The average molecular weight is 148 g/mol. The van der Waals surface area contributed by atoms with Gasteiger partial charge in [-0.15, -0.1) is 0 Å². The molecule has 1 spiro atoms. The second kappa shape index (κ2) is 1.52. The van der Waals surface area contributed by atoms with Crippen molar-refractivity contribution in [1.29, 1.82) is 0 Å². The minimum Gasteiger partial charge on any atom is -0.393 e. The van der Waals surface area contributed by atoms with E-state index in [2.05, 4.69) is 0 Å². The summed E-state index contributed by atoms with van der Waals surface area (Å²) in [5, 5.41) is 8.87. The molecule has 2 saturated carbocycles. The zero-order valence-corrected chi connectivity index (χ0v) is 5.61. The number of rotatable bonds is 0. The largest absolute Gasteiger partial charge is 0.393 e. The molecule has 0 amide bonds. The van der Waals surface area contributed by atoms with E-state index in [4.69, 9.17) is 5.11 Å². The molecule has 1 N–H and O–H groups in total. The van der Waals surface area contributed by atoms with Gasteiger partial charge in [0.25, 0.3) is 0 Å². The Bertz CT molecular complexity index is 151. The van der Waals surface area contributed by atoms with Gasteiger partial charge >= 0.3 is 0 Å². The van der Waals surface area contributed by atoms with Crippen LogP contribution >= 0.6 is 0 Å². The van der Waals surface area contributed by atoms with Gasteiger partial charge in [0.2, 0.25) is 5.92 Å². The lowest BCUT2D eigenvalue weighted by Gasteiger charge is -2.55. The third-order valence-corrected chi connectivity index (χ3v) is 2.60. The van der Waals surface area contributed by atoms with Crippen LogP contribution in [0.5, 0.6) is 0 Å². The van der Waals surface area contributed by atoms with E-state index < -0.39 is 5.92 Å². The van der Waals surface area contributed by atoms with Crippen molar-refractivity contribution in [3.63, 3.8) is 0 Å². The molecule has 10 heavy (non-hydrogen) atoms. The van der Waals surface area contributed by atoms with E-state index in [-0.39, 0.29) is 24.4 Å². The average Bonchev–Trinajstić information content (AvgIpc) is 1.55. The van der Waals surface area contributed by atoms with Crippen LogP contribution in [0.15, 0.2) is 0 Å². The molecule has 0 aromatic carbocycles. The fourth-order valence-corrected chi connectivity index (χ4v) is 2.27. The molecule has 0 unspecified atom stereocenters. The maximum absolute atomic E-state index is 12.3. The summed E-state index contributed by atoms with van der Waals surface area (Å²) in [5.41, 5.74) is -0.150. The second-order valence-corrected chi connectivity index (χ2v) is 3.77. The topological polar surface area (TPSA) is 20.2 Å². The Kier molecular flexibility index (Phi) is 0.994. The van der Waals surface area contributed by atoms with Gasteiger partial charge in [-0.1, -0.05) is 0 Å². The molecule has 0 radical (unpaired) electrons. The Balaban J connectivity index is 1.91. The van der Waals surface area contributed by atoms with Gasteiger partial charge < -0.3 is 5.11 Å². The van der Waals surface area contributed by atoms with Crippen LogP contribution in [0.1, 0.15) is 25.7 Å². The summed E-state index contributed by atoms with van der Waals surface area (Å²) in [7, 11) is 0. The quantitative estimate of drug-likeness (QED) is 0.552. The first-order chi connectivity index (χ1) is 4.52. The SMILES string of the molecule is OC1CC2(C1)CC(F)(F)C2. The Morgan fingerprint density at radius 1 is 1.20 bits per heavy atom. The van der Waals surface area contributed by atoms with E-state index in [9.17, 15) is 8.78 Å². The second-order valence-electron chi connectivity index (χ2n) is 3.77. The smallest absolute Gasteiger partial charge is 0.249 e. The standard InChI is InChI=1S/C7H10F2O/c8-7(9)3-6(4-7)1-5(10)2-6/h5,10H,1-4H2. The van der Waals surface area contributed by atoms with Gasteiger partial charge in [-0.3, -0.25) is 0 Å². The molecule has 2 fully saturated rings. The molecule has 0 saturated heterocycles. The molecular formula is C7H10F2O. The molecule has 0 aliphatic heterocycles. The third-order valence-electron chi connectivity index (χ3n) is 2.60. The highest BCUT2D eigenvalue weighted by atomic mass is 19.3. The highest BCUT2D eigenvalue weighted by Gasteiger charge is 2.61. The Labute approximate surface area is 58.0 Å². The lowest BCUT2D eigenvalue weighted by atomic mass is 9.53. The molecular weight excluding hydrogens is 138 g/mol. The van der Waals surface area contributed by atoms with Gasteiger partial charge in [-0.25, -0.2) is 8.78 Å². The van der Waals surface area contributed by atoms with Crippen molar-refractivity contribution in [2.75, 3.05) is 0 Å². The van der Waals surface area contributed by atoms with E-state index in [0.717, 1.165) is 0 Å². The van der Waals surface area contributed by atoms with Crippen LogP contribution in [0.4, 0.5) is 8.78 Å². The molecule has 2 aliphatic carbocycles. The summed E-state index contributed by atoms with van der Waals surface area (Å²) in [6.07, 6.45) is 0.926. The lowest BCUT2D eigenvalue weighted by molar-refractivity contribution is -0.218. The molecule has 0 atom stereocenters. The van der Waals surface area contributed by atoms with Crippen LogP contribution in [0, 0.1) is 5.41 Å². The predicted octanol–water partition coefficient (Wildman–Crippen LogP) is 1.56. The zero-order valence-electron chi connectivity index (χ0n) is 5.61. The summed E-state index contributed by atoms with van der Waals surface area (Å²) >= 11 is 0. The summed E-state index contributed by atoms with van der Waals surface area (Å²) in [6.45, 7) is 0. The van der Waals surface area contributed by atoms with Gasteiger partial charge in [-0.2, -0.15) is 0 Å². The van der Waals surface area contributed by atoms with E-state index in [1.807, 2.05) is 0 Å². The van der Waals surface area contributed by atoms with Crippen LogP contribution in [-0.2, 0) is 0 Å². The number of alkyl halides is 2. The molecule has 58 valence electrons. The van der Waals surface area contributed by atoms with Crippen LogP contribution in [0.2, 0.25) is 0 Å². The van der Waals surface area contributed by atoms with Gasteiger partial charge in [-0.05, 0) is 18.3 Å². The number of aliphatic hydroxyl groups excluding tert-OH is 1. The van der Waals surface area contributed by atoms with Crippen molar-refractivity contribution in [2.24, 2.45) is 5.41 Å². The van der Waals surface area contributed by atoms with Crippen molar-refractivity contribution in [2.45, 2.75) is 37.7 Å². The molecule has 0 heterocycles. The maximum atomic E-state index is 12.3. The summed E-state index contributed by atoms with van der Waals surface area (Å²) in [6, 6.07) is 0. The van der Waals surface area contributed by atoms with Gasteiger partial charge in [0, 0.05) is 12.8 Å². The Hall–Kier alpha value is -0.180. The maximum Gasteiger partial charge on any atom is 0.249 e. The van der Waals surface area contributed by atoms with Crippen LogP contribution in [-0.4, -0.2) is 17.1 Å². The molecule has 2 rings (SSSR count). The molecule has 3 heteroatoms. The van der Waals surface area contributed by atoms with Gasteiger partial charge in [0.15, 0.2) is 0 Å². The van der Waals surface area contributed by atoms with Gasteiger partial charge in [0.05, 0.1) is 6.10 Å². The van der Waals surface area contributed by atoms with Gasteiger partial charge in [0.1, 0.15) is 0 Å². The van der Waals surface area contributed by atoms with E-state index in [1.165, 1.54) is 0 Å². The van der Waals surface area contributed by atoms with Crippen molar-refractivity contribution >= 4 is 0 Å². The minimum atomic E-state index is -2.42. The van der Waals surface area contributed by atoms with Crippen molar-refractivity contribution in [3.05, 3.63) is 0 Å². The van der Waals surface area contributed by atoms with Crippen LogP contribution in [0.25, 0.3) is 0 Å². The number of hydrogen-bond acceptors (Lipinski definition) is 1. The summed E-state index contributed by atoms with van der Waals surface area (Å²) in [5.74, 6) is -2.42. The van der Waals surface area contributed by atoms with E-state index >= 15 is 0 Å². The molecule has 1 nitrogen and oxygen atoms in total. The first-order valence-corrected chi connectivity index (χ1v) is 3.57. The van der Waals surface area contributed by atoms with Crippen molar-refractivity contribution < 1.29 is 13.9 Å². The Morgan fingerprint density at radius 2 is 1.70 bits per heavy atom. The number of aliphatic hydroxyl groups is 1. The summed E-state index contributed by atoms with van der Waals surface area (Å²) < 4.78 is 24.6. The minimum absolute atomic E-state index is 0.0110. The normalized spacial score (nSPS) is 35.1. The van der Waals surface area contributed by atoms with Crippen molar-refractivity contribution in [3.8, 4) is 0 Å². The predicted molar refractivity (Wildman–Crippen MR) is 31.9 cm³/mol. The third kappa shape index (κ3) is 0.764. The van der Waals surface area contributed by atoms with E-state index in [1.54, 1.807) is 0 Å². The molecule has 0 bridgehead atoms. The summed E-state index contributed by atoms with van der Waals surface area (Å²) in [4.78, 5) is 0. The fourth-order valence-electron chi connectivity index (χ4n) is 2.27.